The smallest absolute Gasteiger partial charge is 0.163 e. The zero-order chi connectivity index (χ0) is 12.3. The van der Waals surface area contributed by atoms with E-state index in [9.17, 15) is 4.79 Å². The second kappa shape index (κ2) is 4.33. The van der Waals surface area contributed by atoms with E-state index in [1.807, 2.05) is 20.8 Å². The van der Waals surface area contributed by atoms with Gasteiger partial charge in [0.15, 0.2) is 5.78 Å². The zero-order valence-corrected chi connectivity index (χ0v) is 9.79. The van der Waals surface area contributed by atoms with E-state index in [4.69, 9.17) is 10.5 Å². The number of hydrogen-bond donors (Lipinski definition) is 0. The van der Waals surface area contributed by atoms with Gasteiger partial charge in [0.25, 0.3) is 0 Å². The van der Waals surface area contributed by atoms with Crippen molar-refractivity contribution in [1.82, 2.24) is 0 Å². The predicted molar refractivity (Wildman–Crippen MR) is 60.0 cm³/mol. The van der Waals surface area contributed by atoms with Crippen LogP contribution in [0.15, 0.2) is 22.8 Å². The highest BCUT2D eigenvalue weighted by molar-refractivity contribution is 6.00. The number of hydrogen-bond acceptors (Lipinski definition) is 3. The maximum atomic E-state index is 11.9. The molecule has 82 valence electrons. The molecule has 0 heterocycles. The van der Waals surface area contributed by atoms with Crippen molar-refractivity contribution in [3.63, 3.8) is 0 Å². The van der Waals surface area contributed by atoms with Gasteiger partial charge in [0.2, 0.25) is 0 Å². The third kappa shape index (κ3) is 2.58. The number of nitrogens with zero attached hydrogens (tertiary/aromatic N) is 2. The summed E-state index contributed by atoms with van der Waals surface area (Å²) in [7, 11) is 0. The quantitative estimate of drug-likeness (QED) is 0.630. The van der Waals surface area contributed by atoms with Crippen LogP contribution in [0.25, 0.3) is 0 Å². The van der Waals surface area contributed by atoms with E-state index in [1.165, 1.54) is 6.08 Å². The van der Waals surface area contributed by atoms with Crippen molar-refractivity contribution in [2.75, 3.05) is 0 Å². The Labute approximate surface area is 95.7 Å². The van der Waals surface area contributed by atoms with E-state index in [-0.39, 0.29) is 16.8 Å². The van der Waals surface area contributed by atoms with E-state index in [1.54, 1.807) is 12.1 Å². The minimum atomic E-state index is -0.0159. The van der Waals surface area contributed by atoms with E-state index in [2.05, 4.69) is 0 Å². The summed E-state index contributed by atoms with van der Waals surface area (Å²) in [5.41, 5.74) is 1.47. The van der Waals surface area contributed by atoms with E-state index >= 15 is 0 Å². The maximum Gasteiger partial charge on any atom is 0.163 e. The first-order valence-electron chi connectivity index (χ1n) is 5.14. The summed E-state index contributed by atoms with van der Waals surface area (Å²) in [4.78, 5) is 11.9. The van der Waals surface area contributed by atoms with Crippen LogP contribution in [0, 0.1) is 28.1 Å². The van der Waals surface area contributed by atoms with Crippen LogP contribution in [0.1, 0.15) is 33.6 Å². The molecule has 0 amide bonds. The fraction of sp³-hybridized carbons (Fsp3) is 0.462. The lowest BCUT2D eigenvalue weighted by molar-refractivity contribution is -0.117. The average molecular weight is 214 g/mol. The van der Waals surface area contributed by atoms with Crippen LogP contribution in [0.3, 0.4) is 0 Å². The minimum absolute atomic E-state index is 0.0117. The second-order valence-electron chi connectivity index (χ2n) is 4.92. The Kier molecular flexibility index (Phi) is 3.30. The SMILES string of the molecule is CC1=C(C=C(C#N)C#N)C(=O)CC(C)(C)C1. The number of Topliss-reactive ketones (excluding diaryl/α,β-unsaturated/α-hetero) is 1. The third-order valence-electron chi connectivity index (χ3n) is 2.67. The molecule has 1 aliphatic carbocycles. The van der Waals surface area contributed by atoms with E-state index in [0.717, 1.165) is 12.0 Å². The van der Waals surface area contributed by atoms with Gasteiger partial charge in [0.1, 0.15) is 17.7 Å². The Morgan fingerprint density at radius 2 is 1.88 bits per heavy atom. The van der Waals surface area contributed by atoms with Gasteiger partial charge < -0.3 is 0 Å². The molecule has 0 saturated heterocycles. The summed E-state index contributed by atoms with van der Waals surface area (Å²) in [6.07, 6.45) is 2.71. The topological polar surface area (TPSA) is 64.7 Å². The summed E-state index contributed by atoms with van der Waals surface area (Å²) in [6.45, 7) is 5.98. The second-order valence-corrected chi connectivity index (χ2v) is 4.92. The molecule has 0 fully saturated rings. The van der Waals surface area contributed by atoms with Gasteiger partial charge in [-0.3, -0.25) is 4.79 Å². The first-order chi connectivity index (χ1) is 7.39. The molecular formula is C13H14N2O. The Bertz CT molecular complexity index is 451. The van der Waals surface area contributed by atoms with Crippen LogP contribution in [-0.4, -0.2) is 5.78 Å². The molecule has 0 unspecified atom stereocenters. The van der Waals surface area contributed by atoms with Crippen LogP contribution < -0.4 is 0 Å². The first-order valence-corrected chi connectivity index (χ1v) is 5.14. The molecule has 0 atom stereocenters. The molecule has 3 nitrogen and oxygen atoms in total. The standard InChI is InChI=1S/C13H14N2O/c1-9-5-13(2,3)6-12(16)11(9)4-10(7-14)8-15/h4H,5-6H2,1-3H3. The largest absolute Gasteiger partial charge is 0.294 e. The number of nitriles is 2. The van der Waals surface area contributed by atoms with Crippen molar-refractivity contribution in [1.29, 1.82) is 10.5 Å². The maximum absolute atomic E-state index is 11.9. The lowest BCUT2D eigenvalue weighted by atomic mass is 9.74. The molecule has 0 bridgehead atoms. The highest BCUT2D eigenvalue weighted by Gasteiger charge is 2.30. The van der Waals surface area contributed by atoms with Crippen LogP contribution in [0.5, 0.6) is 0 Å². The Hall–Kier alpha value is -1.87. The van der Waals surface area contributed by atoms with Crippen LogP contribution >= 0.6 is 0 Å². The molecule has 0 aromatic carbocycles. The molecule has 0 aliphatic heterocycles. The van der Waals surface area contributed by atoms with Crippen molar-refractivity contribution < 1.29 is 4.79 Å². The normalized spacial score (nSPS) is 18.7. The van der Waals surface area contributed by atoms with Gasteiger partial charge in [0.05, 0.1) is 0 Å². The summed E-state index contributed by atoms with van der Waals surface area (Å²) in [6, 6.07) is 3.55. The van der Waals surface area contributed by atoms with Crippen LogP contribution in [0.4, 0.5) is 0 Å². The number of ketones is 1. The van der Waals surface area contributed by atoms with Crippen LogP contribution in [0.2, 0.25) is 0 Å². The van der Waals surface area contributed by atoms with E-state index < -0.39 is 0 Å². The molecule has 0 aromatic rings. The number of allylic oxidation sites excluding steroid dienone is 4. The third-order valence-corrected chi connectivity index (χ3v) is 2.67. The molecule has 1 aliphatic rings. The van der Waals surface area contributed by atoms with Gasteiger partial charge in [-0.1, -0.05) is 19.4 Å². The number of rotatable bonds is 1. The summed E-state index contributed by atoms with van der Waals surface area (Å²) in [5.74, 6) is 0.0248. The summed E-state index contributed by atoms with van der Waals surface area (Å²) in [5, 5.41) is 17.3. The average Bonchev–Trinajstić information content (AvgIpc) is 2.15. The number of carbonyl (C=O) groups excluding carboxylic acids is 1. The fourth-order valence-electron chi connectivity index (χ4n) is 2.08. The van der Waals surface area contributed by atoms with Crippen molar-refractivity contribution >= 4 is 5.78 Å². The zero-order valence-electron chi connectivity index (χ0n) is 9.79. The molecule has 1 rings (SSSR count). The van der Waals surface area contributed by atoms with Crippen molar-refractivity contribution in [2.45, 2.75) is 33.6 Å². The number of carbonyl (C=O) groups is 1. The molecule has 0 radical (unpaired) electrons. The molecule has 0 N–H and O–H groups in total. The van der Waals surface area contributed by atoms with Crippen molar-refractivity contribution in [2.24, 2.45) is 5.41 Å². The lowest BCUT2D eigenvalue weighted by Crippen LogP contribution is -2.24. The Morgan fingerprint density at radius 1 is 1.31 bits per heavy atom. The molecule has 0 spiro atoms. The highest BCUT2D eigenvalue weighted by Crippen LogP contribution is 2.37. The molecule has 3 heteroatoms. The fourth-order valence-corrected chi connectivity index (χ4v) is 2.08. The van der Waals surface area contributed by atoms with Gasteiger partial charge in [-0.25, -0.2) is 0 Å². The van der Waals surface area contributed by atoms with Crippen LogP contribution in [-0.2, 0) is 4.79 Å². The molecule has 0 saturated carbocycles. The predicted octanol–water partition coefficient (Wildman–Crippen LogP) is 2.67. The van der Waals surface area contributed by atoms with Gasteiger partial charge in [0, 0.05) is 12.0 Å². The van der Waals surface area contributed by atoms with Gasteiger partial charge in [-0.05, 0) is 24.8 Å². The van der Waals surface area contributed by atoms with Gasteiger partial charge in [-0.15, -0.1) is 0 Å². The van der Waals surface area contributed by atoms with Gasteiger partial charge >= 0.3 is 0 Å². The molecule has 0 aromatic heterocycles. The Morgan fingerprint density at radius 3 is 2.31 bits per heavy atom. The minimum Gasteiger partial charge on any atom is -0.294 e. The molecule has 16 heavy (non-hydrogen) atoms. The Balaban J connectivity index is 3.16. The van der Waals surface area contributed by atoms with Gasteiger partial charge in [-0.2, -0.15) is 10.5 Å². The summed E-state index contributed by atoms with van der Waals surface area (Å²) < 4.78 is 0. The van der Waals surface area contributed by atoms with Crippen molar-refractivity contribution in [3.8, 4) is 12.1 Å². The van der Waals surface area contributed by atoms with E-state index in [0.29, 0.717) is 12.0 Å². The first kappa shape index (κ1) is 12.2. The van der Waals surface area contributed by atoms with Crippen molar-refractivity contribution in [3.05, 3.63) is 22.8 Å². The monoisotopic (exact) mass is 214 g/mol. The highest BCUT2D eigenvalue weighted by atomic mass is 16.1. The molecular weight excluding hydrogens is 200 g/mol. The lowest BCUT2D eigenvalue weighted by Gasteiger charge is -2.30. The summed E-state index contributed by atoms with van der Waals surface area (Å²) >= 11 is 0.